The highest BCUT2D eigenvalue weighted by atomic mass is 16.5. The summed E-state index contributed by atoms with van der Waals surface area (Å²) in [6.07, 6.45) is -0.799. The molecule has 12 heavy (non-hydrogen) atoms. The molecule has 0 fully saturated rings. The van der Waals surface area contributed by atoms with Crippen molar-refractivity contribution in [3.63, 3.8) is 0 Å². The first-order valence-corrected chi connectivity index (χ1v) is 3.30. The van der Waals surface area contributed by atoms with Gasteiger partial charge in [-0.05, 0) is 0 Å². The summed E-state index contributed by atoms with van der Waals surface area (Å²) in [5, 5.41) is 2.76. The van der Waals surface area contributed by atoms with Crippen LogP contribution in [0.5, 0.6) is 0 Å². The minimum Gasteiger partial charge on any atom is -0.448 e. The molecule has 0 unspecified atom stereocenters. The zero-order valence-corrected chi connectivity index (χ0v) is 6.83. The Bertz CT molecular complexity index is 169. The molecule has 0 rings (SSSR count). The van der Waals surface area contributed by atoms with E-state index in [0.29, 0.717) is 12.5 Å². The van der Waals surface area contributed by atoms with Crippen LogP contribution in [-0.4, -0.2) is 32.3 Å². The van der Waals surface area contributed by atoms with Crippen LogP contribution in [0.2, 0.25) is 0 Å². The van der Waals surface area contributed by atoms with Gasteiger partial charge < -0.3 is 15.8 Å². The van der Waals surface area contributed by atoms with Crippen molar-refractivity contribution in [3.8, 4) is 0 Å². The number of amides is 1. The predicted octanol–water partition coefficient (Wildman–Crippen LogP) is -1.88. The number of primary amides is 1. The van der Waals surface area contributed by atoms with Gasteiger partial charge in [-0.3, -0.25) is 10.4 Å². The van der Waals surface area contributed by atoms with Crippen molar-refractivity contribution < 1.29 is 9.53 Å². The number of hydrogen-bond donors (Lipinski definition) is 4. The Kier molecular flexibility index (Phi) is 5.45. The molecular weight excluding hydrogens is 162 g/mol. The normalized spacial score (nSPS) is 10.7. The molecule has 0 aliphatic rings. The molecule has 0 aliphatic carbocycles. The molecule has 0 aliphatic heterocycles. The first-order valence-electron chi connectivity index (χ1n) is 3.30. The van der Waals surface area contributed by atoms with Crippen LogP contribution < -0.4 is 22.3 Å². The Morgan fingerprint density at radius 2 is 2.33 bits per heavy atom. The number of nitrogens with zero attached hydrogens (tertiary/aromatic N) is 1. The molecule has 0 atom stereocenters. The minimum atomic E-state index is -0.799. The largest absolute Gasteiger partial charge is 0.448 e. The Balaban J connectivity index is 3.36. The Morgan fingerprint density at radius 3 is 2.75 bits per heavy atom. The standard InChI is InChI=1S/C5H13N5O2/c1-8-5(10-7)9-2-3-12-4(6)11/h2-3,7H2,1H3,(H2,6,11)(H2,8,9,10). The van der Waals surface area contributed by atoms with Crippen molar-refractivity contribution in [1.82, 2.24) is 10.7 Å². The highest BCUT2D eigenvalue weighted by Crippen LogP contribution is 1.71. The molecular formula is C5H13N5O2. The van der Waals surface area contributed by atoms with Gasteiger partial charge in [0.15, 0.2) is 0 Å². The van der Waals surface area contributed by atoms with Crippen molar-refractivity contribution in [2.45, 2.75) is 0 Å². The van der Waals surface area contributed by atoms with Gasteiger partial charge in [0.2, 0.25) is 5.96 Å². The number of rotatable bonds is 3. The summed E-state index contributed by atoms with van der Waals surface area (Å²) < 4.78 is 4.43. The number of aliphatic imine (C=N–C) groups is 1. The van der Waals surface area contributed by atoms with Gasteiger partial charge in [0.25, 0.3) is 0 Å². The second-order valence-corrected chi connectivity index (χ2v) is 1.81. The van der Waals surface area contributed by atoms with Gasteiger partial charge in [0.1, 0.15) is 6.61 Å². The van der Waals surface area contributed by atoms with Gasteiger partial charge in [-0.25, -0.2) is 10.6 Å². The lowest BCUT2D eigenvalue weighted by Crippen LogP contribution is -2.42. The van der Waals surface area contributed by atoms with Crippen molar-refractivity contribution in [2.24, 2.45) is 16.6 Å². The number of guanidine groups is 1. The molecule has 7 nitrogen and oxygen atoms in total. The van der Waals surface area contributed by atoms with Crippen molar-refractivity contribution in [1.29, 1.82) is 0 Å². The molecule has 6 N–H and O–H groups in total. The van der Waals surface area contributed by atoms with Crippen LogP contribution in [0.1, 0.15) is 0 Å². The smallest absolute Gasteiger partial charge is 0.404 e. The average molecular weight is 175 g/mol. The highest BCUT2D eigenvalue weighted by Gasteiger charge is 1.94. The molecule has 1 amide bonds. The topological polar surface area (TPSA) is 115 Å². The van der Waals surface area contributed by atoms with Crippen LogP contribution in [0.4, 0.5) is 4.79 Å². The van der Waals surface area contributed by atoms with Gasteiger partial charge in [-0.1, -0.05) is 0 Å². The van der Waals surface area contributed by atoms with E-state index in [1.165, 1.54) is 0 Å². The van der Waals surface area contributed by atoms with Gasteiger partial charge >= 0.3 is 6.09 Å². The SMILES string of the molecule is CN=C(NN)NCCOC(N)=O. The van der Waals surface area contributed by atoms with Crippen molar-refractivity contribution in [2.75, 3.05) is 20.2 Å². The fourth-order valence-corrected chi connectivity index (χ4v) is 0.516. The van der Waals surface area contributed by atoms with Gasteiger partial charge in [0, 0.05) is 7.05 Å². The van der Waals surface area contributed by atoms with E-state index >= 15 is 0 Å². The predicted molar refractivity (Wildman–Crippen MR) is 44.2 cm³/mol. The molecule has 0 bridgehead atoms. The average Bonchev–Trinajstić information content (AvgIpc) is 2.04. The van der Waals surface area contributed by atoms with Crippen LogP contribution >= 0.6 is 0 Å². The molecule has 0 heterocycles. The molecule has 0 aromatic carbocycles. The lowest BCUT2D eigenvalue weighted by Gasteiger charge is -2.07. The third-order valence-corrected chi connectivity index (χ3v) is 0.999. The Labute approximate surface area is 70.1 Å². The monoisotopic (exact) mass is 175 g/mol. The molecule has 0 saturated carbocycles. The summed E-state index contributed by atoms with van der Waals surface area (Å²) in [7, 11) is 1.57. The first-order chi connectivity index (χ1) is 5.70. The molecule has 0 aromatic heterocycles. The van der Waals surface area contributed by atoms with E-state index in [4.69, 9.17) is 11.6 Å². The van der Waals surface area contributed by atoms with Crippen molar-refractivity contribution >= 4 is 12.1 Å². The summed E-state index contributed by atoms with van der Waals surface area (Å²) in [4.78, 5) is 13.8. The second kappa shape index (κ2) is 6.23. The number of hydrazine groups is 1. The number of carbonyl (C=O) groups excluding carboxylic acids is 1. The van der Waals surface area contributed by atoms with E-state index in [1.807, 2.05) is 0 Å². The number of ether oxygens (including phenoxy) is 1. The maximum atomic E-state index is 10.1. The summed E-state index contributed by atoms with van der Waals surface area (Å²) in [6.45, 7) is 0.579. The first kappa shape index (κ1) is 10.5. The van der Waals surface area contributed by atoms with Crippen molar-refractivity contribution in [3.05, 3.63) is 0 Å². The zero-order chi connectivity index (χ0) is 9.40. The fourth-order valence-electron chi connectivity index (χ4n) is 0.516. The summed E-state index contributed by atoms with van der Waals surface area (Å²) in [5.74, 6) is 5.47. The number of carbonyl (C=O) groups is 1. The summed E-state index contributed by atoms with van der Waals surface area (Å²) >= 11 is 0. The van der Waals surface area contributed by atoms with Crippen LogP contribution in [0.15, 0.2) is 4.99 Å². The molecule has 0 saturated heterocycles. The van der Waals surface area contributed by atoms with E-state index in [2.05, 4.69) is 20.5 Å². The second-order valence-electron chi connectivity index (χ2n) is 1.81. The number of nitrogens with one attached hydrogen (secondary N) is 2. The van der Waals surface area contributed by atoms with E-state index < -0.39 is 6.09 Å². The Hall–Kier alpha value is -1.50. The summed E-state index contributed by atoms with van der Waals surface area (Å²) in [6, 6.07) is 0. The quantitative estimate of drug-likeness (QED) is 0.132. The summed E-state index contributed by atoms with van der Waals surface area (Å²) in [5.41, 5.74) is 7.02. The van der Waals surface area contributed by atoms with Crippen LogP contribution in [-0.2, 0) is 4.74 Å². The third kappa shape index (κ3) is 5.30. The van der Waals surface area contributed by atoms with Crippen LogP contribution in [0.3, 0.4) is 0 Å². The molecule has 7 heteroatoms. The van der Waals surface area contributed by atoms with E-state index in [9.17, 15) is 4.79 Å². The Morgan fingerprint density at radius 1 is 1.67 bits per heavy atom. The fraction of sp³-hybridized carbons (Fsp3) is 0.600. The lowest BCUT2D eigenvalue weighted by atomic mass is 10.7. The maximum absolute atomic E-state index is 10.1. The number of hydrogen-bond acceptors (Lipinski definition) is 4. The van der Waals surface area contributed by atoms with E-state index in [1.54, 1.807) is 7.05 Å². The van der Waals surface area contributed by atoms with Gasteiger partial charge in [0.05, 0.1) is 6.54 Å². The highest BCUT2D eigenvalue weighted by molar-refractivity contribution is 5.78. The molecule has 70 valence electrons. The molecule has 0 radical (unpaired) electrons. The maximum Gasteiger partial charge on any atom is 0.404 e. The van der Waals surface area contributed by atoms with E-state index in [0.717, 1.165) is 0 Å². The third-order valence-electron chi connectivity index (χ3n) is 0.999. The van der Waals surface area contributed by atoms with E-state index in [-0.39, 0.29) is 6.61 Å². The molecule has 0 spiro atoms. The van der Waals surface area contributed by atoms with Gasteiger partial charge in [-0.15, -0.1) is 0 Å². The lowest BCUT2D eigenvalue weighted by molar-refractivity contribution is 0.159. The minimum absolute atomic E-state index is 0.177. The van der Waals surface area contributed by atoms with Crippen LogP contribution in [0.25, 0.3) is 0 Å². The van der Waals surface area contributed by atoms with Crippen LogP contribution in [0, 0.1) is 0 Å². The van der Waals surface area contributed by atoms with Gasteiger partial charge in [-0.2, -0.15) is 0 Å². The zero-order valence-electron chi connectivity index (χ0n) is 6.83. The number of nitrogens with two attached hydrogens (primary N) is 2. The molecule has 0 aromatic rings.